The highest BCUT2D eigenvalue weighted by Crippen LogP contribution is 2.32. The van der Waals surface area contributed by atoms with Crippen molar-refractivity contribution in [2.24, 2.45) is 5.92 Å². The van der Waals surface area contributed by atoms with Gasteiger partial charge in [0.05, 0.1) is 5.92 Å². The minimum absolute atomic E-state index is 0.0984. The molecule has 0 aromatic rings. The van der Waals surface area contributed by atoms with Gasteiger partial charge in [0.15, 0.2) is 0 Å². The molecule has 2 N–H and O–H groups in total. The van der Waals surface area contributed by atoms with E-state index < -0.39 is 5.97 Å². The Kier molecular flexibility index (Phi) is 1.20. The molecule has 0 radical (unpaired) electrons. The van der Waals surface area contributed by atoms with Gasteiger partial charge in [0.1, 0.15) is 0 Å². The van der Waals surface area contributed by atoms with Gasteiger partial charge in [-0.15, -0.1) is 0 Å². The lowest BCUT2D eigenvalue weighted by Gasteiger charge is -2.14. The molecule has 3 atom stereocenters. The smallest absolute Gasteiger partial charge is 0.308 e. The van der Waals surface area contributed by atoms with Gasteiger partial charge in [0.2, 0.25) is 0 Å². The standard InChI is InChI=1S/C7H11NO2/c9-7(10)5-3-4-1-2-6(5)8-4/h4-6,8H,1-3H2,(H,9,10)/t4-,5+,6-/m0/s1. The molecule has 2 rings (SSSR count). The topological polar surface area (TPSA) is 49.3 Å². The summed E-state index contributed by atoms with van der Waals surface area (Å²) in [5.41, 5.74) is 0. The van der Waals surface area contributed by atoms with Crippen LogP contribution in [0.1, 0.15) is 19.3 Å². The number of rotatable bonds is 1. The Morgan fingerprint density at radius 1 is 1.50 bits per heavy atom. The van der Waals surface area contributed by atoms with Gasteiger partial charge in [0.25, 0.3) is 0 Å². The van der Waals surface area contributed by atoms with E-state index in [4.69, 9.17) is 5.11 Å². The fraction of sp³-hybridized carbons (Fsp3) is 0.857. The molecule has 2 aliphatic rings. The van der Waals surface area contributed by atoms with E-state index in [2.05, 4.69) is 5.32 Å². The predicted molar refractivity (Wildman–Crippen MR) is 35.7 cm³/mol. The van der Waals surface area contributed by atoms with Gasteiger partial charge in [-0.05, 0) is 19.3 Å². The lowest BCUT2D eigenvalue weighted by molar-refractivity contribution is -0.142. The van der Waals surface area contributed by atoms with Crippen molar-refractivity contribution in [1.82, 2.24) is 5.32 Å². The molecule has 2 bridgehead atoms. The third-order valence-corrected chi connectivity index (χ3v) is 2.62. The van der Waals surface area contributed by atoms with Crippen molar-refractivity contribution in [3.05, 3.63) is 0 Å². The number of carboxylic acids is 1. The van der Waals surface area contributed by atoms with E-state index in [9.17, 15) is 4.79 Å². The molecule has 0 spiro atoms. The maximum Gasteiger partial charge on any atom is 0.308 e. The highest BCUT2D eigenvalue weighted by Gasteiger charge is 2.42. The van der Waals surface area contributed by atoms with Crippen molar-refractivity contribution in [2.75, 3.05) is 0 Å². The van der Waals surface area contributed by atoms with Crippen molar-refractivity contribution < 1.29 is 9.90 Å². The minimum Gasteiger partial charge on any atom is -0.481 e. The lowest BCUT2D eigenvalue weighted by atomic mass is 9.89. The van der Waals surface area contributed by atoms with Gasteiger partial charge in [0, 0.05) is 12.1 Å². The van der Waals surface area contributed by atoms with Crippen molar-refractivity contribution in [3.8, 4) is 0 Å². The summed E-state index contributed by atoms with van der Waals surface area (Å²) in [6, 6.07) is 0.786. The number of carbonyl (C=O) groups is 1. The molecular formula is C7H11NO2. The fourth-order valence-electron chi connectivity index (χ4n) is 2.10. The van der Waals surface area contributed by atoms with Crippen LogP contribution >= 0.6 is 0 Å². The molecule has 3 heteroatoms. The summed E-state index contributed by atoms with van der Waals surface area (Å²) in [5, 5.41) is 12.0. The van der Waals surface area contributed by atoms with Gasteiger partial charge < -0.3 is 10.4 Å². The number of hydrogen-bond donors (Lipinski definition) is 2. The second-order valence-electron chi connectivity index (χ2n) is 3.23. The maximum absolute atomic E-state index is 10.6. The highest BCUT2D eigenvalue weighted by atomic mass is 16.4. The largest absolute Gasteiger partial charge is 0.481 e. The zero-order valence-corrected chi connectivity index (χ0v) is 5.71. The molecule has 0 saturated carbocycles. The molecule has 0 unspecified atom stereocenters. The van der Waals surface area contributed by atoms with Crippen LogP contribution in [-0.2, 0) is 4.79 Å². The fourth-order valence-corrected chi connectivity index (χ4v) is 2.10. The molecule has 0 aromatic carbocycles. The Hall–Kier alpha value is -0.570. The summed E-state index contributed by atoms with van der Waals surface area (Å²) in [6.07, 6.45) is 3.08. The molecule has 0 amide bonds. The van der Waals surface area contributed by atoms with E-state index in [1.54, 1.807) is 0 Å². The number of nitrogens with one attached hydrogen (secondary N) is 1. The maximum atomic E-state index is 10.6. The molecule has 10 heavy (non-hydrogen) atoms. The third-order valence-electron chi connectivity index (χ3n) is 2.62. The van der Waals surface area contributed by atoms with Crippen LogP contribution in [0.25, 0.3) is 0 Å². The summed E-state index contributed by atoms with van der Waals surface area (Å²) in [6.45, 7) is 0. The van der Waals surface area contributed by atoms with Crippen LogP contribution in [0.4, 0.5) is 0 Å². The summed E-state index contributed by atoms with van der Waals surface area (Å²) < 4.78 is 0. The zero-order valence-electron chi connectivity index (χ0n) is 5.71. The Morgan fingerprint density at radius 2 is 2.30 bits per heavy atom. The minimum atomic E-state index is -0.625. The molecule has 2 aliphatic heterocycles. The second-order valence-corrected chi connectivity index (χ2v) is 3.23. The first-order valence-corrected chi connectivity index (χ1v) is 3.76. The van der Waals surface area contributed by atoms with E-state index in [0.717, 1.165) is 12.8 Å². The van der Waals surface area contributed by atoms with E-state index >= 15 is 0 Å². The van der Waals surface area contributed by atoms with Crippen LogP contribution in [0.3, 0.4) is 0 Å². The predicted octanol–water partition coefficient (Wildman–Crippen LogP) is 0.212. The zero-order chi connectivity index (χ0) is 7.14. The van der Waals surface area contributed by atoms with Crippen LogP contribution < -0.4 is 5.32 Å². The number of hydrogen-bond acceptors (Lipinski definition) is 2. The Labute approximate surface area is 59.4 Å². The van der Waals surface area contributed by atoms with Crippen LogP contribution in [0.2, 0.25) is 0 Å². The Morgan fingerprint density at radius 3 is 2.60 bits per heavy atom. The first-order valence-electron chi connectivity index (χ1n) is 3.76. The summed E-state index contributed by atoms with van der Waals surface area (Å²) >= 11 is 0. The normalized spacial score (nSPS) is 44.2. The highest BCUT2D eigenvalue weighted by molar-refractivity contribution is 5.71. The second kappa shape index (κ2) is 1.95. The van der Waals surface area contributed by atoms with Crippen molar-refractivity contribution in [2.45, 2.75) is 31.3 Å². The van der Waals surface area contributed by atoms with Crippen LogP contribution in [0, 0.1) is 5.92 Å². The van der Waals surface area contributed by atoms with E-state index in [1.165, 1.54) is 6.42 Å². The molecule has 3 nitrogen and oxygen atoms in total. The van der Waals surface area contributed by atoms with Gasteiger partial charge in [-0.25, -0.2) is 0 Å². The van der Waals surface area contributed by atoms with E-state index in [0.29, 0.717) is 6.04 Å². The monoisotopic (exact) mass is 141 g/mol. The number of carboxylic acid groups (broad SMARTS) is 1. The summed E-state index contributed by atoms with van der Waals surface area (Å²) in [5.74, 6) is -0.724. The van der Waals surface area contributed by atoms with Crippen molar-refractivity contribution >= 4 is 5.97 Å². The summed E-state index contributed by atoms with van der Waals surface area (Å²) in [4.78, 5) is 10.6. The number of fused-ring (bicyclic) bond motifs is 2. The molecule has 2 saturated heterocycles. The lowest BCUT2D eigenvalue weighted by Crippen LogP contribution is -2.28. The Balaban J connectivity index is 2.08. The molecule has 2 fully saturated rings. The van der Waals surface area contributed by atoms with Gasteiger partial charge in [-0.3, -0.25) is 4.79 Å². The van der Waals surface area contributed by atoms with Crippen LogP contribution in [-0.4, -0.2) is 23.2 Å². The molecule has 0 aliphatic carbocycles. The average molecular weight is 141 g/mol. The first kappa shape index (κ1) is 6.16. The Bertz CT molecular complexity index is 169. The first-order chi connectivity index (χ1) is 4.77. The van der Waals surface area contributed by atoms with E-state index in [-0.39, 0.29) is 12.0 Å². The van der Waals surface area contributed by atoms with Gasteiger partial charge in [-0.1, -0.05) is 0 Å². The quantitative estimate of drug-likeness (QED) is 0.549. The van der Waals surface area contributed by atoms with Crippen LogP contribution in [0.5, 0.6) is 0 Å². The van der Waals surface area contributed by atoms with Gasteiger partial charge in [-0.2, -0.15) is 0 Å². The molecule has 56 valence electrons. The van der Waals surface area contributed by atoms with Crippen LogP contribution in [0.15, 0.2) is 0 Å². The molecular weight excluding hydrogens is 130 g/mol. The van der Waals surface area contributed by atoms with Gasteiger partial charge >= 0.3 is 5.97 Å². The molecule has 0 aromatic heterocycles. The summed E-state index contributed by atoms with van der Waals surface area (Å²) in [7, 11) is 0. The van der Waals surface area contributed by atoms with Crippen molar-refractivity contribution in [3.63, 3.8) is 0 Å². The van der Waals surface area contributed by atoms with E-state index in [1.807, 2.05) is 0 Å². The molecule has 2 heterocycles. The average Bonchev–Trinajstić information content (AvgIpc) is 2.44. The third kappa shape index (κ3) is 0.736. The van der Waals surface area contributed by atoms with Crippen molar-refractivity contribution in [1.29, 1.82) is 0 Å². The SMILES string of the molecule is O=C(O)[C@@H]1C[C@@H]2CC[C@@H]1N2. The number of aliphatic carboxylic acids is 1.